The number of hydrogen-bond donors (Lipinski definition) is 1. The van der Waals surface area contributed by atoms with Gasteiger partial charge < -0.3 is 14.8 Å². The number of nitrogens with zero attached hydrogens (tertiary/aromatic N) is 3. The first-order chi connectivity index (χ1) is 17.6. The zero-order chi connectivity index (χ0) is 28.3. The normalized spacial score (nSPS) is 11.5. The van der Waals surface area contributed by atoms with Gasteiger partial charge in [0.2, 0.25) is 5.95 Å². The van der Waals surface area contributed by atoms with E-state index >= 15 is 0 Å². The largest absolute Gasteiger partial charge is 0.443 e. The van der Waals surface area contributed by atoms with E-state index in [4.69, 9.17) is 21.1 Å². The van der Waals surface area contributed by atoms with Gasteiger partial charge in [0.1, 0.15) is 11.2 Å². The van der Waals surface area contributed by atoms with E-state index < -0.39 is 23.4 Å². The molecule has 0 fully saturated rings. The minimum atomic E-state index is -0.959. The molecule has 0 bridgehead atoms. The van der Waals surface area contributed by atoms with Gasteiger partial charge in [0.25, 0.3) is 5.91 Å². The van der Waals surface area contributed by atoms with Crippen LogP contribution in [-0.4, -0.2) is 39.3 Å². The molecule has 0 atom stereocenters. The molecule has 1 aromatic heterocycles. The molecule has 1 N–H and O–H groups in total. The Morgan fingerprint density at radius 2 is 1.45 bits per heavy atom. The average Bonchev–Trinajstić information content (AvgIpc) is 2.79. The number of benzene rings is 2. The van der Waals surface area contributed by atoms with Crippen LogP contribution in [0.1, 0.15) is 57.5 Å². The molecular weight excluding hydrogens is 508 g/mol. The standard InChI is InChI=1S/C28H31ClN4O5/c1-17-16-19(10-13-21(17)29)23(34)31-20-11-8-18(9-12-20)22-14-15-30-24(32-22)33(25(35)37-27(2,3)4)26(36)38-28(5,6)7/h8-16H,1-7H3,(H,31,34). The molecule has 3 amide bonds. The number of anilines is 2. The van der Waals surface area contributed by atoms with Gasteiger partial charge in [-0.25, -0.2) is 19.6 Å². The van der Waals surface area contributed by atoms with E-state index in [0.29, 0.717) is 32.4 Å². The summed E-state index contributed by atoms with van der Waals surface area (Å²) in [4.78, 5) is 47.6. The topological polar surface area (TPSA) is 111 Å². The van der Waals surface area contributed by atoms with Crippen molar-refractivity contribution in [2.45, 2.75) is 59.7 Å². The van der Waals surface area contributed by atoms with Gasteiger partial charge >= 0.3 is 12.2 Å². The first-order valence-electron chi connectivity index (χ1n) is 11.9. The van der Waals surface area contributed by atoms with Gasteiger partial charge in [-0.05, 0) is 90.4 Å². The Hall–Kier alpha value is -3.98. The van der Waals surface area contributed by atoms with Gasteiger partial charge in [0, 0.05) is 28.0 Å². The third-order valence-corrected chi connectivity index (χ3v) is 5.28. The summed E-state index contributed by atoms with van der Waals surface area (Å²) in [5.41, 5.74) is 1.26. The van der Waals surface area contributed by atoms with Gasteiger partial charge in [-0.1, -0.05) is 23.7 Å². The molecule has 0 radical (unpaired) electrons. The number of amides is 3. The maximum atomic E-state index is 12.9. The summed E-state index contributed by atoms with van der Waals surface area (Å²) in [5.74, 6) is -0.464. The zero-order valence-electron chi connectivity index (χ0n) is 22.5. The van der Waals surface area contributed by atoms with E-state index in [0.717, 1.165) is 5.56 Å². The van der Waals surface area contributed by atoms with E-state index in [2.05, 4.69) is 15.3 Å². The number of imide groups is 1. The molecular formula is C28H31ClN4O5. The van der Waals surface area contributed by atoms with E-state index in [9.17, 15) is 14.4 Å². The van der Waals surface area contributed by atoms with Crippen LogP contribution in [0.25, 0.3) is 11.3 Å². The SMILES string of the molecule is Cc1cc(C(=O)Nc2ccc(-c3ccnc(N(C(=O)OC(C)(C)C)C(=O)OC(C)(C)C)n3)cc2)ccc1Cl. The van der Waals surface area contributed by atoms with E-state index in [1.807, 2.05) is 6.92 Å². The maximum absolute atomic E-state index is 12.9. The Labute approximate surface area is 227 Å². The number of carbonyl (C=O) groups is 3. The molecule has 0 saturated carbocycles. The Morgan fingerprint density at radius 1 is 0.868 bits per heavy atom. The highest BCUT2D eigenvalue weighted by Gasteiger charge is 2.34. The Balaban J connectivity index is 1.85. The fourth-order valence-corrected chi connectivity index (χ4v) is 3.30. The van der Waals surface area contributed by atoms with Gasteiger partial charge in [-0.15, -0.1) is 4.90 Å². The minimum absolute atomic E-state index is 0.193. The Kier molecular flexibility index (Phi) is 8.41. The molecule has 0 unspecified atom stereocenters. The first kappa shape index (κ1) is 28.6. The molecule has 200 valence electrons. The summed E-state index contributed by atoms with van der Waals surface area (Å²) in [6.07, 6.45) is -0.489. The highest BCUT2D eigenvalue weighted by molar-refractivity contribution is 6.31. The van der Waals surface area contributed by atoms with E-state index in [1.165, 1.54) is 6.20 Å². The highest BCUT2D eigenvalue weighted by atomic mass is 35.5. The zero-order valence-corrected chi connectivity index (χ0v) is 23.2. The fourth-order valence-electron chi connectivity index (χ4n) is 3.18. The van der Waals surface area contributed by atoms with Crippen LogP contribution in [-0.2, 0) is 9.47 Å². The fraction of sp³-hybridized carbons (Fsp3) is 0.321. The number of aromatic nitrogens is 2. The van der Waals surface area contributed by atoms with Crippen molar-refractivity contribution in [3.63, 3.8) is 0 Å². The van der Waals surface area contributed by atoms with Crippen LogP contribution >= 0.6 is 11.6 Å². The van der Waals surface area contributed by atoms with Crippen LogP contribution in [0.15, 0.2) is 54.7 Å². The predicted octanol–water partition coefficient (Wildman–Crippen LogP) is 7.03. The molecule has 38 heavy (non-hydrogen) atoms. The second-order valence-electron chi connectivity index (χ2n) is 10.5. The number of carbonyl (C=O) groups excluding carboxylic acids is 3. The first-order valence-corrected chi connectivity index (χ1v) is 12.3. The van der Waals surface area contributed by atoms with Crippen LogP contribution in [0.2, 0.25) is 5.02 Å². The average molecular weight is 539 g/mol. The lowest BCUT2D eigenvalue weighted by Crippen LogP contribution is -2.44. The van der Waals surface area contributed by atoms with Crippen LogP contribution in [0, 0.1) is 6.92 Å². The van der Waals surface area contributed by atoms with Crippen molar-refractivity contribution in [3.05, 3.63) is 70.9 Å². The summed E-state index contributed by atoms with van der Waals surface area (Å²) < 4.78 is 10.8. The molecule has 0 saturated heterocycles. The van der Waals surface area contributed by atoms with Crippen LogP contribution in [0.4, 0.5) is 21.2 Å². The number of nitrogens with one attached hydrogen (secondary N) is 1. The van der Waals surface area contributed by atoms with Crippen molar-refractivity contribution in [2.75, 3.05) is 10.2 Å². The van der Waals surface area contributed by atoms with Crippen molar-refractivity contribution in [1.29, 1.82) is 0 Å². The quantitative estimate of drug-likeness (QED) is 0.379. The summed E-state index contributed by atoms with van der Waals surface area (Å²) in [5, 5.41) is 3.43. The Morgan fingerprint density at radius 3 is 1.97 bits per heavy atom. The van der Waals surface area contributed by atoms with Crippen molar-refractivity contribution in [3.8, 4) is 11.3 Å². The lowest BCUT2D eigenvalue weighted by molar-refractivity contribution is 0.0427. The number of halogens is 1. The third kappa shape index (κ3) is 7.76. The van der Waals surface area contributed by atoms with Gasteiger partial charge in [0.15, 0.2) is 0 Å². The lowest BCUT2D eigenvalue weighted by atomic mass is 10.1. The number of aryl methyl sites for hydroxylation is 1. The molecule has 1 heterocycles. The molecule has 9 nitrogen and oxygen atoms in total. The summed E-state index contributed by atoms with van der Waals surface area (Å²) >= 11 is 6.05. The van der Waals surface area contributed by atoms with Crippen LogP contribution < -0.4 is 10.2 Å². The second-order valence-corrected chi connectivity index (χ2v) is 10.9. The summed E-state index contributed by atoms with van der Waals surface area (Å²) in [7, 11) is 0. The summed E-state index contributed by atoms with van der Waals surface area (Å²) in [6.45, 7) is 11.9. The molecule has 3 rings (SSSR count). The van der Waals surface area contributed by atoms with Gasteiger partial charge in [-0.3, -0.25) is 4.79 Å². The lowest BCUT2D eigenvalue weighted by Gasteiger charge is -2.27. The minimum Gasteiger partial charge on any atom is -0.443 e. The van der Waals surface area contributed by atoms with Gasteiger partial charge in [-0.2, -0.15) is 0 Å². The molecule has 10 heteroatoms. The monoisotopic (exact) mass is 538 g/mol. The van der Waals surface area contributed by atoms with Crippen molar-refractivity contribution in [2.24, 2.45) is 0 Å². The second kappa shape index (κ2) is 11.2. The van der Waals surface area contributed by atoms with E-state index in [1.54, 1.807) is 90.1 Å². The summed E-state index contributed by atoms with van der Waals surface area (Å²) in [6, 6.07) is 13.6. The molecule has 3 aromatic rings. The maximum Gasteiger partial charge on any atom is 0.427 e. The number of ether oxygens (including phenoxy) is 2. The van der Waals surface area contributed by atoms with Crippen molar-refractivity contribution >= 4 is 41.3 Å². The van der Waals surface area contributed by atoms with Crippen LogP contribution in [0.3, 0.4) is 0 Å². The predicted molar refractivity (Wildman–Crippen MR) is 147 cm³/mol. The molecule has 0 aliphatic rings. The number of rotatable bonds is 4. The third-order valence-electron chi connectivity index (χ3n) is 4.85. The van der Waals surface area contributed by atoms with Crippen LogP contribution in [0.5, 0.6) is 0 Å². The molecule has 0 aliphatic heterocycles. The Bertz CT molecular complexity index is 1320. The molecule has 0 spiro atoms. The van der Waals surface area contributed by atoms with E-state index in [-0.39, 0.29) is 11.9 Å². The smallest absolute Gasteiger partial charge is 0.427 e. The molecule has 0 aliphatic carbocycles. The van der Waals surface area contributed by atoms with Gasteiger partial charge in [0.05, 0.1) is 5.69 Å². The van der Waals surface area contributed by atoms with Crippen molar-refractivity contribution < 1.29 is 23.9 Å². The molecule has 2 aromatic carbocycles. The van der Waals surface area contributed by atoms with Crippen molar-refractivity contribution in [1.82, 2.24) is 9.97 Å². The highest BCUT2D eigenvalue weighted by Crippen LogP contribution is 2.24. The number of hydrogen-bond acceptors (Lipinski definition) is 7.